The van der Waals surface area contributed by atoms with Crippen molar-refractivity contribution in [1.29, 1.82) is 0 Å². The second-order valence-electron chi connectivity index (χ2n) is 1.50. The van der Waals surface area contributed by atoms with E-state index >= 15 is 0 Å². The Hall–Kier alpha value is 0.913. The average Bonchev–Trinajstić information content (AvgIpc) is 0.811. The normalized spacial score (nSPS) is 6.00. The Labute approximate surface area is 58.9 Å². The molecule has 0 nitrogen and oxygen atoms in total. The molecule has 0 bridgehead atoms. The molecule has 0 radical (unpaired) electrons. The van der Waals surface area contributed by atoms with Gasteiger partial charge in [-0.2, -0.15) is 20.8 Å². The van der Waals surface area contributed by atoms with Gasteiger partial charge in [0.25, 0.3) is 0 Å². The molecule has 0 aromatic heterocycles. The summed E-state index contributed by atoms with van der Waals surface area (Å²) in [6.45, 7) is 6.25. The molecule has 0 saturated carbocycles. The van der Waals surface area contributed by atoms with E-state index in [9.17, 15) is 0 Å². The molecule has 0 aliphatic heterocycles. The summed E-state index contributed by atoms with van der Waals surface area (Å²) in [5, 5.41) is 0. The van der Waals surface area contributed by atoms with E-state index in [1.807, 2.05) is 0 Å². The molecule has 0 heterocycles. The van der Waals surface area contributed by atoms with Crippen LogP contribution in [0.5, 0.6) is 0 Å². The maximum Gasteiger partial charge on any atom is 0 e. The number of hydrogen-bond acceptors (Lipinski definition) is 0. The quantitative estimate of drug-likeness (QED) is 0.374. The van der Waals surface area contributed by atoms with Crippen LogP contribution < -0.4 is 0 Å². The van der Waals surface area contributed by atoms with Crippen LogP contribution in [0.3, 0.4) is 0 Å². The summed E-state index contributed by atoms with van der Waals surface area (Å²) in [5.74, 6) is 1.42. The van der Waals surface area contributed by atoms with Crippen LogP contribution in [0.1, 0.15) is 20.8 Å². The zero-order chi connectivity index (χ0) is 3.58. The summed E-state index contributed by atoms with van der Waals surface area (Å²) in [6, 6.07) is 0. The van der Waals surface area contributed by atoms with Crippen molar-refractivity contribution >= 4 is 12.4 Å². The van der Waals surface area contributed by atoms with Gasteiger partial charge in [0.15, 0.2) is 0 Å². The topological polar surface area (TPSA) is 0 Å². The third-order valence-electron chi connectivity index (χ3n) is 0. The minimum absolute atomic E-state index is 0. The third kappa shape index (κ3) is 90.2. The van der Waals surface area contributed by atoms with Crippen LogP contribution in [0.4, 0.5) is 0 Å². The van der Waals surface area contributed by atoms with Crippen LogP contribution in [0.15, 0.2) is 0 Å². The van der Waals surface area contributed by atoms with Gasteiger partial charge in [0, 0.05) is 19.5 Å². The zero-order valence-electron chi connectivity index (χ0n) is 4.62. The Morgan fingerprint density at radius 3 is 1.00 bits per heavy atom. The second-order valence-corrected chi connectivity index (χ2v) is 1.50. The van der Waals surface area contributed by atoms with Crippen LogP contribution in [-0.2, 0) is 19.5 Å². The SMILES string of the molecule is C[C-](C)C.Cl.[Zn]. The van der Waals surface area contributed by atoms with Crippen LogP contribution in [0.2, 0.25) is 0 Å². The maximum atomic E-state index is 2.08. The molecule has 0 N–H and O–H groups in total. The predicted molar refractivity (Wildman–Crippen MR) is 27.5 cm³/mol. The maximum absolute atomic E-state index is 2.08. The number of rotatable bonds is 0. The minimum Gasteiger partial charge on any atom is -0.323 e. The first kappa shape index (κ1) is 15.8. The van der Waals surface area contributed by atoms with Crippen LogP contribution in [-0.4, -0.2) is 0 Å². The monoisotopic (exact) mass is 157 g/mol. The molecule has 0 fully saturated rings. The fraction of sp³-hybridized carbons (Fsp3) is 0.750. The summed E-state index contributed by atoms with van der Waals surface area (Å²) in [6.07, 6.45) is 0. The molecule has 0 atom stereocenters. The first-order chi connectivity index (χ1) is 1.73. The fourth-order valence-corrected chi connectivity index (χ4v) is 0. The summed E-state index contributed by atoms with van der Waals surface area (Å²) in [4.78, 5) is 0. The predicted octanol–water partition coefficient (Wildman–Crippen LogP) is 2.04. The van der Waals surface area contributed by atoms with E-state index in [0.29, 0.717) is 0 Å². The first-order valence-electron chi connectivity index (χ1n) is 1.50. The van der Waals surface area contributed by atoms with E-state index in [-0.39, 0.29) is 31.9 Å². The third-order valence-corrected chi connectivity index (χ3v) is 0. The molecular weight excluding hydrogens is 149 g/mol. The van der Waals surface area contributed by atoms with Gasteiger partial charge >= 0.3 is 0 Å². The van der Waals surface area contributed by atoms with Crippen molar-refractivity contribution in [3.63, 3.8) is 0 Å². The Morgan fingerprint density at radius 2 is 1.00 bits per heavy atom. The molecule has 2 heteroatoms. The average molecular weight is 159 g/mol. The molecule has 0 aromatic carbocycles. The van der Waals surface area contributed by atoms with Gasteiger partial charge < -0.3 is 5.92 Å². The molecule has 0 aromatic rings. The molecule has 6 heavy (non-hydrogen) atoms. The van der Waals surface area contributed by atoms with Crippen molar-refractivity contribution in [1.82, 2.24) is 0 Å². The summed E-state index contributed by atoms with van der Waals surface area (Å²) in [7, 11) is 0. The fourth-order valence-electron chi connectivity index (χ4n) is 0. The van der Waals surface area contributed by atoms with Crippen LogP contribution in [0, 0.1) is 5.92 Å². The molecule has 0 spiro atoms. The zero-order valence-corrected chi connectivity index (χ0v) is 8.40. The standard InChI is InChI=1S/C4H9.ClH.Zn/c1-4(2)3;;/h1-3H3;1H;/q-1;;. The van der Waals surface area contributed by atoms with Crippen molar-refractivity contribution in [2.45, 2.75) is 20.8 Å². The van der Waals surface area contributed by atoms with Gasteiger partial charge in [0.05, 0.1) is 0 Å². The Kier molecular flexibility index (Phi) is 24.5. The Bertz CT molecular complexity index is 12.3. The van der Waals surface area contributed by atoms with Gasteiger partial charge in [-0.15, -0.1) is 12.4 Å². The van der Waals surface area contributed by atoms with Crippen molar-refractivity contribution in [3.8, 4) is 0 Å². The van der Waals surface area contributed by atoms with E-state index in [2.05, 4.69) is 20.8 Å². The summed E-state index contributed by atoms with van der Waals surface area (Å²) < 4.78 is 0. The van der Waals surface area contributed by atoms with E-state index in [0.717, 1.165) is 0 Å². The minimum atomic E-state index is 0. The number of halogens is 1. The van der Waals surface area contributed by atoms with Crippen molar-refractivity contribution < 1.29 is 19.5 Å². The van der Waals surface area contributed by atoms with Gasteiger partial charge in [0.2, 0.25) is 0 Å². The molecule has 0 rings (SSSR count). The summed E-state index contributed by atoms with van der Waals surface area (Å²) >= 11 is 0. The Morgan fingerprint density at radius 1 is 1.00 bits per heavy atom. The summed E-state index contributed by atoms with van der Waals surface area (Å²) in [5.41, 5.74) is 0. The smallest absolute Gasteiger partial charge is 0 e. The van der Waals surface area contributed by atoms with Crippen LogP contribution >= 0.6 is 12.4 Å². The van der Waals surface area contributed by atoms with Gasteiger partial charge in [-0.3, -0.25) is 0 Å². The van der Waals surface area contributed by atoms with Crippen molar-refractivity contribution in [2.24, 2.45) is 0 Å². The van der Waals surface area contributed by atoms with Crippen molar-refractivity contribution in [3.05, 3.63) is 5.92 Å². The molecular formula is C4H10ClZn-. The number of hydrogen-bond donors (Lipinski definition) is 0. The van der Waals surface area contributed by atoms with Gasteiger partial charge in [0.1, 0.15) is 0 Å². The largest absolute Gasteiger partial charge is 0.323 e. The molecule has 0 aliphatic rings. The van der Waals surface area contributed by atoms with E-state index in [1.54, 1.807) is 0 Å². The van der Waals surface area contributed by atoms with Crippen LogP contribution in [0.25, 0.3) is 0 Å². The first-order valence-corrected chi connectivity index (χ1v) is 1.50. The van der Waals surface area contributed by atoms with Gasteiger partial charge in [-0.25, -0.2) is 0 Å². The molecule has 0 saturated heterocycles. The second kappa shape index (κ2) is 9.32. The molecule has 0 unspecified atom stereocenters. The molecule has 0 amide bonds. The molecule has 36 valence electrons. The molecule has 0 aliphatic carbocycles. The van der Waals surface area contributed by atoms with E-state index in [1.165, 1.54) is 5.92 Å². The van der Waals surface area contributed by atoms with E-state index < -0.39 is 0 Å². The van der Waals surface area contributed by atoms with Gasteiger partial charge in [-0.1, -0.05) is 0 Å². The van der Waals surface area contributed by atoms with E-state index in [4.69, 9.17) is 0 Å². The van der Waals surface area contributed by atoms with Gasteiger partial charge in [-0.05, 0) is 0 Å². The Balaban J connectivity index is -0.0000000450. The van der Waals surface area contributed by atoms with Crippen molar-refractivity contribution in [2.75, 3.05) is 0 Å².